The molecule has 2 atom stereocenters. The van der Waals surface area contributed by atoms with Crippen molar-refractivity contribution in [3.63, 3.8) is 0 Å². The summed E-state index contributed by atoms with van der Waals surface area (Å²) in [4.78, 5) is 12.4. The largest absolute Gasteiger partial charge is 0.460 e. The number of allylic oxidation sites excluding steroid dienone is 2. The zero-order valence-electron chi connectivity index (χ0n) is 16.1. The smallest absolute Gasteiger partial charge is 0.426 e. The molecule has 0 heterocycles. The average Bonchev–Trinajstić information content (AvgIpc) is 3.20. The van der Waals surface area contributed by atoms with Gasteiger partial charge in [-0.2, -0.15) is 13.2 Å². The number of alkyl halides is 3. The molecule has 0 N–H and O–H groups in total. The van der Waals surface area contributed by atoms with Crippen molar-refractivity contribution in [2.75, 3.05) is 0 Å². The predicted octanol–water partition coefficient (Wildman–Crippen LogP) is 6.63. The predicted molar refractivity (Wildman–Crippen MR) is 102 cm³/mol. The third kappa shape index (κ3) is 4.51. The van der Waals surface area contributed by atoms with Gasteiger partial charge in [0, 0.05) is 11.1 Å². The Labute approximate surface area is 175 Å². The average molecular weight is 445 g/mol. The number of carbonyl (C=O) groups excluding carboxylic acids is 1. The van der Waals surface area contributed by atoms with E-state index in [0.29, 0.717) is 5.56 Å². The van der Waals surface area contributed by atoms with Gasteiger partial charge in [-0.15, -0.1) is 0 Å². The second kappa shape index (κ2) is 8.02. The lowest BCUT2D eigenvalue weighted by molar-refractivity contribution is -0.147. The summed E-state index contributed by atoms with van der Waals surface area (Å²) in [7, 11) is 0. The van der Waals surface area contributed by atoms with Crippen LogP contribution in [0, 0.1) is 28.9 Å². The van der Waals surface area contributed by atoms with Gasteiger partial charge in [-0.1, -0.05) is 61.9 Å². The number of benzene rings is 2. The molecule has 3 rings (SSSR count). The second-order valence-corrected chi connectivity index (χ2v) is 8.14. The van der Waals surface area contributed by atoms with Crippen molar-refractivity contribution in [2.45, 2.75) is 26.6 Å². The molecular weight excluding hydrogens is 427 g/mol. The molecule has 1 saturated carbocycles. The highest BCUT2D eigenvalue weighted by Gasteiger charge is 2.62. The van der Waals surface area contributed by atoms with Crippen LogP contribution < -0.4 is 0 Å². The lowest BCUT2D eigenvalue weighted by Gasteiger charge is -2.10. The van der Waals surface area contributed by atoms with Crippen LogP contribution in [0.25, 0.3) is 11.1 Å². The summed E-state index contributed by atoms with van der Waals surface area (Å²) in [5, 5.41) is -1.29. The zero-order chi connectivity index (χ0) is 22.3. The van der Waals surface area contributed by atoms with Gasteiger partial charge in [-0.05, 0) is 29.0 Å². The van der Waals surface area contributed by atoms with Crippen molar-refractivity contribution < 1.29 is 31.5 Å². The fourth-order valence-corrected chi connectivity index (χ4v) is 3.64. The van der Waals surface area contributed by atoms with Gasteiger partial charge in [-0.25, -0.2) is 8.78 Å². The van der Waals surface area contributed by atoms with Crippen LogP contribution in [0.2, 0.25) is 0 Å². The second-order valence-electron chi connectivity index (χ2n) is 7.73. The number of rotatable bonds is 5. The summed E-state index contributed by atoms with van der Waals surface area (Å²) in [6.45, 7) is 2.86. The molecule has 1 aliphatic rings. The van der Waals surface area contributed by atoms with Gasteiger partial charge in [0.25, 0.3) is 0 Å². The summed E-state index contributed by atoms with van der Waals surface area (Å²) in [6.07, 6.45) is -3.87. The van der Waals surface area contributed by atoms with Gasteiger partial charge in [-0.3, -0.25) is 4.79 Å². The molecule has 0 spiro atoms. The van der Waals surface area contributed by atoms with Gasteiger partial charge < -0.3 is 4.74 Å². The molecule has 2 nitrogen and oxygen atoms in total. The van der Waals surface area contributed by atoms with Gasteiger partial charge >= 0.3 is 12.1 Å². The van der Waals surface area contributed by atoms with Crippen LogP contribution in [-0.2, 0) is 16.1 Å². The van der Waals surface area contributed by atoms with Crippen LogP contribution in [0.1, 0.15) is 19.4 Å². The Morgan fingerprint density at radius 3 is 2.47 bits per heavy atom. The molecule has 160 valence electrons. The van der Waals surface area contributed by atoms with E-state index in [2.05, 4.69) is 0 Å². The number of carbonyl (C=O) groups is 1. The van der Waals surface area contributed by atoms with Crippen LogP contribution in [0.3, 0.4) is 0 Å². The molecule has 0 unspecified atom stereocenters. The Balaban J connectivity index is 1.72. The number of hydrogen-bond donors (Lipinski definition) is 0. The van der Waals surface area contributed by atoms with Crippen molar-refractivity contribution in [3.8, 4) is 11.1 Å². The summed E-state index contributed by atoms with van der Waals surface area (Å²) < 4.78 is 71.4. The fourth-order valence-electron chi connectivity index (χ4n) is 3.50. The summed E-state index contributed by atoms with van der Waals surface area (Å²) in [6, 6.07) is 9.85. The molecule has 2 aromatic carbocycles. The third-order valence-corrected chi connectivity index (χ3v) is 5.69. The fraction of sp³-hybridized carbons (Fsp3) is 0.318. The van der Waals surface area contributed by atoms with E-state index in [9.17, 15) is 26.7 Å². The minimum absolute atomic E-state index is 0.0731. The monoisotopic (exact) mass is 444 g/mol. The Morgan fingerprint density at radius 1 is 1.17 bits per heavy atom. The van der Waals surface area contributed by atoms with Gasteiger partial charge in [0.15, 0.2) is 0 Å². The molecule has 1 aliphatic carbocycles. The SMILES string of the molecule is CC1(C)[C@H](C(=O)OCc2cccc(-c3cccc(F)c3)c2F)[C@@H]1/C=C(\Cl)C(F)(F)F. The van der Waals surface area contributed by atoms with E-state index in [-0.39, 0.29) is 11.1 Å². The van der Waals surface area contributed by atoms with Crippen LogP contribution in [-0.4, -0.2) is 12.1 Å². The quantitative estimate of drug-likeness (QED) is 0.382. The molecule has 0 saturated heterocycles. The summed E-state index contributed by atoms with van der Waals surface area (Å²) >= 11 is 5.28. The highest BCUT2D eigenvalue weighted by atomic mass is 35.5. The molecule has 2 aromatic rings. The Morgan fingerprint density at radius 2 is 1.83 bits per heavy atom. The first-order valence-corrected chi connectivity index (χ1v) is 9.45. The Bertz CT molecular complexity index is 997. The number of esters is 1. The van der Waals surface area contributed by atoms with Crippen molar-refractivity contribution in [2.24, 2.45) is 17.3 Å². The number of halogens is 6. The zero-order valence-corrected chi connectivity index (χ0v) is 16.8. The molecule has 1 fully saturated rings. The van der Waals surface area contributed by atoms with Gasteiger partial charge in [0.05, 0.1) is 5.92 Å². The van der Waals surface area contributed by atoms with E-state index >= 15 is 0 Å². The minimum Gasteiger partial charge on any atom is -0.460 e. The molecule has 0 amide bonds. The van der Waals surface area contributed by atoms with E-state index in [1.54, 1.807) is 26.0 Å². The highest BCUT2D eigenvalue weighted by molar-refractivity contribution is 6.30. The molecule has 8 heteroatoms. The van der Waals surface area contributed by atoms with E-state index in [1.807, 2.05) is 0 Å². The first-order valence-electron chi connectivity index (χ1n) is 9.07. The van der Waals surface area contributed by atoms with E-state index < -0.39 is 52.7 Å². The topological polar surface area (TPSA) is 26.3 Å². The molecule has 0 bridgehead atoms. The highest BCUT2D eigenvalue weighted by Crippen LogP contribution is 2.60. The summed E-state index contributed by atoms with van der Waals surface area (Å²) in [5.41, 5.74) is -0.211. The van der Waals surface area contributed by atoms with Crippen LogP contribution >= 0.6 is 11.6 Å². The number of ether oxygens (including phenoxy) is 1. The van der Waals surface area contributed by atoms with E-state index in [4.69, 9.17) is 16.3 Å². The van der Waals surface area contributed by atoms with Crippen molar-refractivity contribution in [1.82, 2.24) is 0 Å². The van der Waals surface area contributed by atoms with Crippen LogP contribution in [0.15, 0.2) is 53.6 Å². The van der Waals surface area contributed by atoms with Crippen LogP contribution in [0.5, 0.6) is 0 Å². The van der Waals surface area contributed by atoms with Crippen LogP contribution in [0.4, 0.5) is 22.0 Å². The minimum atomic E-state index is -4.69. The van der Waals surface area contributed by atoms with E-state index in [0.717, 1.165) is 6.08 Å². The molecule has 30 heavy (non-hydrogen) atoms. The summed E-state index contributed by atoms with van der Waals surface area (Å²) in [5.74, 6) is -3.46. The van der Waals surface area contributed by atoms with Gasteiger partial charge in [0.2, 0.25) is 0 Å². The lowest BCUT2D eigenvalue weighted by Crippen LogP contribution is -2.11. The first-order chi connectivity index (χ1) is 13.9. The standard InChI is InChI=1S/C22H18ClF5O2/c1-21(2)16(10-17(23)22(26,27)28)18(21)20(29)30-11-13-6-4-8-15(19(13)25)12-5-3-7-14(24)9-12/h3-10,16,18H,11H2,1-2H3/b17-10-/t16-,18-/m0/s1. The van der Waals surface area contributed by atoms with Gasteiger partial charge in [0.1, 0.15) is 23.3 Å². The molecular formula is C22H18ClF5O2. The lowest BCUT2D eigenvalue weighted by atomic mass is 10.0. The number of hydrogen-bond acceptors (Lipinski definition) is 2. The third-order valence-electron chi connectivity index (χ3n) is 5.35. The molecule has 0 aliphatic heterocycles. The van der Waals surface area contributed by atoms with E-state index in [1.165, 1.54) is 30.3 Å². The Hall–Kier alpha value is -2.41. The molecule has 0 aromatic heterocycles. The maximum Gasteiger partial charge on any atom is 0.426 e. The maximum atomic E-state index is 14.8. The Kier molecular flexibility index (Phi) is 5.96. The first kappa shape index (κ1) is 22.3. The van der Waals surface area contributed by atoms with Crippen molar-refractivity contribution in [3.05, 3.63) is 70.8 Å². The molecule has 0 radical (unpaired) electrons. The maximum absolute atomic E-state index is 14.8. The van der Waals surface area contributed by atoms with Crippen molar-refractivity contribution in [1.29, 1.82) is 0 Å². The normalized spacial score (nSPS) is 20.7. The van der Waals surface area contributed by atoms with Crippen molar-refractivity contribution >= 4 is 17.6 Å².